The molecule has 78 valence electrons. The molecule has 0 aliphatic heterocycles. The zero-order chi connectivity index (χ0) is 10.6. The summed E-state index contributed by atoms with van der Waals surface area (Å²) in [5.74, 6) is 0.155. The lowest BCUT2D eigenvalue weighted by atomic mass is 9.90. The van der Waals surface area contributed by atoms with E-state index >= 15 is 0 Å². The van der Waals surface area contributed by atoms with Crippen molar-refractivity contribution in [3.63, 3.8) is 0 Å². The molecule has 1 nitrogen and oxygen atoms in total. The minimum atomic E-state index is -0.0959. The molecule has 14 heavy (non-hydrogen) atoms. The number of hydrogen-bond acceptors (Lipinski definition) is 1. The van der Waals surface area contributed by atoms with E-state index in [-0.39, 0.29) is 11.7 Å². The van der Waals surface area contributed by atoms with Crippen LogP contribution in [0.15, 0.2) is 24.3 Å². The molecule has 0 bridgehead atoms. The third kappa shape index (κ3) is 2.32. The zero-order valence-electron chi connectivity index (χ0n) is 9.05. The Hall–Kier alpha value is -0.890. The third-order valence-electron chi connectivity index (χ3n) is 2.80. The van der Waals surface area contributed by atoms with Crippen molar-refractivity contribution in [3.8, 4) is 0 Å². The molecular weight excluding hydrogens is 177 g/mol. The fourth-order valence-corrected chi connectivity index (χ4v) is 1.82. The van der Waals surface area contributed by atoms with Gasteiger partial charge in [-0.15, -0.1) is 0 Å². The number of rotatable bonds is 4. The van der Waals surface area contributed by atoms with Gasteiger partial charge in [-0.1, -0.05) is 25.1 Å². The number of nitrogens with one attached hydrogen (secondary N) is 1. The van der Waals surface area contributed by atoms with Gasteiger partial charge in [0.15, 0.2) is 0 Å². The first-order chi connectivity index (χ1) is 6.70. The van der Waals surface area contributed by atoms with Crippen LogP contribution in [0.4, 0.5) is 4.39 Å². The van der Waals surface area contributed by atoms with E-state index in [1.165, 1.54) is 6.07 Å². The molecule has 2 atom stereocenters. The van der Waals surface area contributed by atoms with Crippen LogP contribution >= 0.6 is 0 Å². The first-order valence-electron chi connectivity index (χ1n) is 5.12. The first-order valence-corrected chi connectivity index (χ1v) is 5.12. The van der Waals surface area contributed by atoms with Gasteiger partial charge in [0.1, 0.15) is 5.82 Å². The molecule has 0 aliphatic rings. The quantitative estimate of drug-likeness (QED) is 0.779. The maximum atomic E-state index is 13.5. The van der Waals surface area contributed by atoms with E-state index in [0.29, 0.717) is 6.04 Å². The molecule has 1 rings (SSSR count). The highest BCUT2D eigenvalue weighted by atomic mass is 19.1. The van der Waals surface area contributed by atoms with Crippen LogP contribution in [0.1, 0.15) is 31.7 Å². The molecule has 1 N–H and O–H groups in total. The molecule has 2 heteroatoms. The summed E-state index contributed by atoms with van der Waals surface area (Å²) in [6, 6.07) is 7.33. The van der Waals surface area contributed by atoms with Gasteiger partial charge in [0, 0.05) is 12.0 Å². The molecule has 0 fully saturated rings. The molecule has 0 amide bonds. The van der Waals surface area contributed by atoms with Crippen LogP contribution in [0.5, 0.6) is 0 Å². The molecule has 0 spiro atoms. The van der Waals surface area contributed by atoms with Gasteiger partial charge in [-0.3, -0.25) is 0 Å². The summed E-state index contributed by atoms with van der Waals surface area (Å²) in [6.45, 7) is 4.17. The maximum Gasteiger partial charge on any atom is 0.126 e. The van der Waals surface area contributed by atoms with Gasteiger partial charge in [0.25, 0.3) is 0 Å². The zero-order valence-corrected chi connectivity index (χ0v) is 9.05. The molecular formula is C12H18FN. The fraction of sp³-hybridized carbons (Fsp3) is 0.500. The summed E-state index contributed by atoms with van der Waals surface area (Å²) in [7, 11) is 1.91. The lowest BCUT2D eigenvalue weighted by Gasteiger charge is -2.23. The summed E-state index contributed by atoms with van der Waals surface area (Å²) in [4.78, 5) is 0. The highest BCUT2D eigenvalue weighted by Gasteiger charge is 2.18. The SMILES string of the molecule is CCC(c1ccccc1F)C(C)NC. The van der Waals surface area contributed by atoms with Crippen molar-refractivity contribution in [2.75, 3.05) is 7.05 Å². The standard InChI is InChI=1S/C12H18FN/c1-4-10(9(2)14-3)11-7-5-6-8-12(11)13/h5-10,14H,4H2,1-3H3. The lowest BCUT2D eigenvalue weighted by Crippen LogP contribution is -2.29. The van der Waals surface area contributed by atoms with E-state index in [0.717, 1.165) is 12.0 Å². The maximum absolute atomic E-state index is 13.5. The Balaban J connectivity index is 2.94. The van der Waals surface area contributed by atoms with Crippen LogP contribution < -0.4 is 5.32 Å². The molecule has 2 unspecified atom stereocenters. The van der Waals surface area contributed by atoms with Crippen molar-refractivity contribution in [2.45, 2.75) is 32.2 Å². The van der Waals surface area contributed by atoms with Gasteiger partial charge >= 0.3 is 0 Å². The van der Waals surface area contributed by atoms with Crippen molar-refractivity contribution in [1.82, 2.24) is 5.32 Å². The smallest absolute Gasteiger partial charge is 0.126 e. The highest BCUT2D eigenvalue weighted by molar-refractivity contribution is 5.23. The number of halogens is 1. The van der Waals surface area contributed by atoms with Crippen LogP contribution in [0.25, 0.3) is 0 Å². The number of hydrogen-bond donors (Lipinski definition) is 1. The highest BCUT2D eigenvalue weighted by Crippen LogP contribution is 2.25. The molecule has 1 aromatic rings. The monoisotopic (exact) mass is 195 g/mol. The van der Waals surface area contributed by atoms with Crippen molar-refractivity contribution < 1.29 is 4.39 Å². The van der Waals surface area contributed by atoms with Gasteiger partial charge in [-0.05, 0) is 32.0 Å². The molecule has 0 saturated heterocycles. The molecule has 0 radical (unpaired) electrons. The van der Waals surface area contributed by atoms with Crippen LogP contribution in [-0.2, 0) is 0 Å². The predicted octanol–water partition coefficient (Wildman–Crippen LogP) is 2.93. The Labute approximate surface area is 85.3 Å². The summed E-state index contributed by atoms with van der Waals surface area (Å²) in [5.41, 5.74) is 0.817. The topological polar surface area (TPSA) is 12.0 Å². The van der Waals surface area contributed by atoms with E-state index in [4.69, 9.17) is 0 Å². The Morgan fingerprint density at radius 1 is 1.36 bits per heavy atom. The molecule has 0 aromatic heterocycles. The van der Waals surface area contributed by atoms with Crippen LogP contribution in [0.2, 0.25) is 0 Å². The summed E-state index contributed by atoms with van der Waals surface area (Å²) in [5, 5.41) is 3.17. The average molecular weight is 195 g/mol. The lowest BCUT2D eigenvalue weighted by molar-refractivity contribution is 0.462. The molecule has 0 heterocycles. The van der Waals surface area contributed by atoms with Crippen molar-refractivity contribution in [1.29, 1.82) is 0 Å². The Bertz CT molecular complexity index is 285. The fourth-order valence-electron chi connectivity index (χ4n) is 1.82. The van der Waals surface area contributed by atoms with E-state index in [1.807, 2.05) is 19.2 Å². The minimum Gasteiger partial charge on any atom is -0.317 e. The average Bonchev–Trinajstić information content (AvgIpc) is 2.21. The van der Waals surface area contributed by atoms with Crippen molar-refractivity contribution in [3.05, 3.63) is 35.6 Å². The van der Waals surface area contributed by atoms with Crippen molar-refractivity contribution in [2.24, 2.45) is 0 Å². The van der Waals surface area contributed by atoms with Gasteiger partial charge < -0.3 is 5.32 Å². The molecule has 0 saturated carbocycles. The normalized spacial score (nSPS) is 15.1. The van der Waals surface area contributed by atoms with Crippen LogP contribution in [-0.4, -0.2) is 13.1 Å². The summed E-state index contributed by atoms with van der Waals surface area (Å²) < 4.78 is 13.5. The van der Waals surface area contributed by atoms with Gasteiger partial charge in [-0.25, -0.2) is 4.39 Å². The van der Waals surface area contributed by atoms with E-state index in [9.17, 15) is 4.39 Å². The second-order valence-corrected chi connectivity index (χ2v) is 3.61. The third-order valence-corrected chi connectivity index (χ3v) is 2.80. The molecule has 0 aliphatic carbocycles. The Kier molecular flexibility index (Phi) is 4.08. The molecule has 1 aromatic carbocycles. The summed E-state index contributed by atoms with van der Waals surface area (Å²) in [6.07, 6.45) is 0.947. The van der Waals surface area contributed by atoms with E-state index in [2.05, 4.69) is 19.2 Å². The van der Waals surface area contributed by atoms with Gasteiger partial charge in [-0.2, -0.15) is 0 Å². The van der Waals surface area contributed by atoms with Gasteiger partial charge in [0.05, 0.1) is 0 Å². The second-order valence-electron chi connectivity index (χ2n) is 3.61. The predicted molar refractivity (Wildman–Crippen MR) is 58.0 cm³/mol. The van der Waals surface area contributed by atoms with E-state index < -0.39 is 0 Å². The number of benzene rings is 1. The Morgan fingerprint density at radius 3 is 2.50 bits per heavy atom. The first kappa shape index (κ1) is 11.2. The Morgan fingerprint density at radius 2 is 2.00 bits per heavy atom. The van der Waals surface area contributed by atoms with E-state index in [1.54, 1.807) is 6.07 Å². The number of likely N-dealkylation sites (N-methyl/N-ethyl adjacent to an activating group) is 1. The van der Waals surface area contributed by atoms with Crippen LogP contribution in [0, 0.1) is 5.82 Å². The van der Waals surface area contributed by atoms with Gasteiger partial charge in [0.2, 0.25) is 0 Å². The second kappa shape index (κ2) is 5.11. The minimum absolute atomic E-state index is 0.0959. The van der Waals surface area contributed by atoms with Crippen LogP contribution in [0.3, 0.4) is 0 Å². The van der Waals surface area contributed by atoms with Crippen molar-refractivity contribution >= 4 is 0 Å². The summed E-state index contributed by atoms with van der Waals surface area (Å²) >= 11 is 0. The largest absolute Gasteiger partial charge is 0.317 e.